The van der Waals surface area contributed by atoms with E-state index in [1.54, 1.807) is 0 Å². The lowest BCUT2D eigenvalue weighted by atomic mass is 10.1. The van der Waals surface area contributed by atoms with Crippen LogP contribution in [0.3, 0.4) is 0 Å². The van der Waals surface area contributed by atoms with Crippen molar-refractivity contribution in [2.45, 2.75) is 24.5 Å². The average molecular weight is 354 g/mol. The first-order valence-corrected chi connectivity index (χ1v) is 5.73. The number of alkyl halides is 7. The van der Waals surface area contributed by atoms with Crippen molar-refractivity contribution < 1.29 is 36.2 Å². The molecule has 0 unspecified atom stereocenters. The molecule has 0 atom stereocenters. The zero-order valence-electron chi connectivity index (χ0n) is 8.94. The van der Waals surface area contributed by atoms with Gasteiger partial charge in [-0.1, -0.05) is 15.9 Å². The summed E-state index contributed by atoms with van der Waals surface area (Å²) in [7, 11) is 0. The van der Waals surface area contributed by atoms with Gasteiger partial charge in [-0.05, 0) is 0 Å². The van der Waals surface area contributed by atoms with E-state index in [9.17, 15) is 26.3 Å². The summed E-state index contributed by atoms with van der Waals surface area (Å²) in [6, 6.07) is 0.684. The van der Waals surface area contributed by atoms with Crippen molar-refractivity contribution in [3.05, 3.63) is 23.0 Å². The minimum absolute atomic E-state index is 0.198. The fourth-order valence-corrected chi connectivity index (χ4v) is 1.56. The van der Waals surface area contributed by atoms with E-state index in [0.29, 0.717) is 6.07 Å². The first kappa shape index (κ1) is 16.0. The van der Waals surface area contributed by atoms with Gasteiger partial charge in [0.05, 0.1) is 17.9 Å². The van der Waals surface area contributed by atoms with Gasteiger partial charge in [-0.2, -0.15) is 13.2 Å². The number of aromatic nitrogens is 1. The third-order valence-corrected chi connectivity index (χ3v) is 2.50. The second kappa shape index (κ2) is 5.53. The molecular formula is C9H6BrF6NO2. The van der Waals surface area contributed by atoms with Crippen molar-refractivity contribution in [3.8, 4) is 5.75 Å². The summed E-state index contributed by atoms with van der Waals surface area (Å²) in [5.41, 5.74) is -2.97. The number of rotatable bonds is 3. The Balaban J connectivity index is 3.44. The van der Waals surface area contributed by atoms with E-state index in [0.717, 1.165) is 0 Å². The molecule has 19 heavy (non-hydrogen) atoms. The molecule has 0 saturated heterocycles. The van der Waals surface area contributed by atoms with Crippen LogP contribution < -0.4 is 4.74 Å². The van der Waals surface area contributed by atoms with Gasteiger partial charge >= 0.3 is 12.5 Å². The maximum atomic E-state index is 12.6. The minimum atomic E-state index is -5.17. The normalized spacial score (nSPS) is 12.6. The van der Waals surface area contributed by atoms with Crippen LogP contribution >= 0.6 is 15.9 Å². The Morgan fingerprint density at radius 1 is 1.21 bits per heavy atom. The molecular weight excluding hydrogens is 348 g/mol. The Morgan fingerprint density at radius 3 is 2.16 bits per heavy atom. The zero-order chi connectivity index (χ0) is 14.8. The minimum Gasteiger partial charge on any atom is -0.405 e. The molecule has 0 saturated carbocycles. The van der Waals surface area contributed by atoms with Crippen molar-refractivity contribution in [3.63, 3.8) is 0 Å². The van der Waals surface area contributed by atoms with Crippen LogP contribution in [-0.2, 0) is 18.1 Å². The van der Waals surface area contributed by atoms with Crippen LogP contribution in [0.2, 0.25) is 0 Å². The fraction of sp³-hybridized carbons (Fsp3) is 0.444. The maximum absolute atomic E-state index is 12.6. The number of aliphatic hydroxyl groups excluding tert-OH is 1. The molecule has 108 valence electrons. The molecule has 0 radical (unpaired) electrons. The molecule has 1 heterocycles. The van der Waals surface area contributed by atoms with Crippen molar-refractivity contribution in [1.82, 2.24) is 4.98 Å². The summed E-state index contributed by atoms with van der Waals surface area (Å²) in [6.07, 6.45) is -10.2. The van der Waals surface area contributed by atoms with Crippen LogP contribution in [0.5, 0.6) is 5.75 Å². The number of pyridine rings is 1. The summed E-state index contributed by atoms with van der Waals surface area (Å²) in [5, 5.41) is 8.63. The Labute approximate surface area is 111 Å². The molecule has 1 N–H and O–H groups in total. The number of aliphatic hydroxyl groups is 1. The standard InChI is InChI=1S/C9H6BrF6NO2/c10-2-4-1-6(19-9(14,15)16)5(3-18)7(17-4)8(11,12)13/h1,18H,2-3H2. The van der Waals surface area contributed by atoms with Gasteiger partial charge in [0.1, 0.15) is 5.75 Å². The van der Waals surface area contributed by atoms with Gasteiger partial charge in [-0.15, -0.1) is 13.2 Å². The molecule has 0 bridgehead atoms. The Morgan fingerprint density at radius 2 is 1.79 bits per heavy atom. The molecule has 0 aromatic carbocycles. The van der Waals surface area contributed by atoms with Gasteiger partial charge in [-0.25, -0.2) is 4.98 Å². The summed E-state index contributed by atoms with van der Waals surface area (Å²) in [4.78, 5) is 3.14. The monoisotopic (exact) mass is 353 g/mol. The number of hydrogen-bond acceptors (Lipinski definition) is 3. The van der Waals surface area contributed by atoms with Crippen LogP contribution in [0.4, 0.5) is 26.3 Å². The Bertz CT molecular complexity index is 459. The summed E-state index contributed by atoms with van der Waals surface area (Å²) in [5.74, 6) is -1.12. The van der Waals surface area contributed by atoms with Gasteiger partial charge in [0.2, 0.25) is 0 Å². The highest BCUT2D eigenvalue weighted by atomic mass is 79.9. The third kappa shape index (κ3) is 4.23. The molecule has 0 aliphatic rings. The van der Waals surface area contributed by atoms with Crippen LogP contribution in [-0.4, -0.2) is 16.5 Å². The molecule has 0 spiro atoms. The van der Waals surface area contributed by atoms with E-state index in [1.165, 1.54) is 0 Å². The molecule has 0 aliphatic carbocycles. The molecule has 0 amide bonds. The van der Waals surface area contributed by atoms with Gasteiger partial charge in [0.25, 0.3) is 0 Å². The molecule has 1 aromatic heterocycles. The molecule has 10 heteroatoms. The quantitative estimate of drug-likeness (QED) is 0.669. The van der Waals surface area contributed by atoms with Gasteiger partial charge < -0.3 is 9.84 Å². The Hall–Kier alpha value is -1.03. The van der Waals surface area contributed by atoms with E-state index >= 15 is 0 Å². The van der Waals surface area contributed by atoms with E-state index in [1.807, 2.05) is 0 Å². The van der Waals surface area contributed by atoms with Crippen LogP contribution in [0.15, 0.2) is 6.07 Å². The fourth-order valence-electron chi connectivity index (χ4n) is 1.27. The average Bonchev–Trinajstić information content (AvgIpc) is 2.24. The third-order valence-electron chi connectivity index (χ3n) is 1.93. The molecule has 3 nitrogen and oxygen atoms in total. The first-order chi connectivity index (χ1) is 8.58. The first-order valence-electron chi connectivity index (χ1n) is 4.61. The van der Waals surface area contributed by atoms with Gasteiger partial charge in [-0.3, -0.25) is 0 Å². The second-order valence-electron chi connectivity index (χ2n) is 3.28. The topological polar surface area (TPSA) is 42.4 Å². The Kier molecular flexibility index (Phi) is 4.67. The predicted octanol–water partition coefficient (Wildman–Crippen LogP) is 3.39. The zero-order valence-corrected chi connectivity index (χ0v) is 10.5. The highest BCUT2D eigenvalue weighted by Crippen LogP contribution is 2.37. The molecule has 1 rings (SSSR count). The van der Waals surface area contributed by atoms with E-state index in [-0.39, 0.29) is 11.0 Å². The summed E-state index contributed by atoms with van der Waals surface area (Å²) < 4.78 is 77.7. The highest BCUT2D eigenvalue weighted by molar-refractivity contribution is 9.08. The van der Waals surface area contributed by atoms with Crippen molar-refractivity contribution in [1.29, 1.82) is 0 Å². The largest absolute Gasteiger partial charge is 0.573 e. The van der Waals surface area contributed by atoms with Crippen molar-refractivity contribution >= 4 is 15.9 Å². The van der Waals surface area contributed by atoms with E-state index in [2.05, 4.69) is 25.7 Å². The van der Waals surface area contributed by atoms with Crippen LogP contribution in [0, 0.1) is 0 Å². The lowest BCUT2D eigenvalue weighted by Gasteiger charge is -2.17. The maximum Gasteiger partial charge on any atom is 0.573 e. The van der Waals surface area contributed by atoms with Gasteiger partial charge in [0.15, 0.2) is 5.69 Å². The number of ether oxygens (including phenoxy) is 1. The van der Waals surface area contributed by atoms with Crippen LogP contribution in [0.1, 0.15) is 17.0 Å². The molecule has 0 aliphatic heterocycles. The molecule has 1 aromatic rings. The summed E-state index contributed by atoms with van der Waals surface area (Å²) >= 11 is 2.79. The SMILES string of the molecule is OCc1c(OC(F)(F)F)cc(CBr)nc1C(F)(F)F. The molecule has 0 fully saturated rings. The second-order valence-corrected chi connectivity index (χ2v) is 3.84. The number of nitrogens with zero attached hydrogens (tertiary/aromatic N) is 1. The van der Waals surface area contributed by atoms with Gasteiger partial charge in [0, 0.05) is 11.4 Å². The summed E-state index contributed by atoms with van der Waals surface area (Å²) in [6.45, 7) is -1.28. The highest BCUT2D eigenvalue weighted by Gasteiger charge is 2.39. The van der Waals surface area contributed by atoms with Crippen LogP contribution in [0.25, 0.3) is 0 Å². The van der Waals surface area contributed by atoms with E-state index in [4.69, 9.17) is 5.11 Å². The predicted molar refractivity (Wildman–Crippen MR) is 54.5 cm³/mol. The smallest absolute Gasteiger partial charge is 0.405 e. The van der Waals surface area contributed by atoms with Crippen molar-refractivity contribution in [2.75, 3.05) is 0 Å². The number of halogens is 7. The lowest BCUT2D eigenvalue weighted by molar-refractivity contribution is -0.275. The van der Waals surface area contributed by atoms with E-state index < -0.39 is 36.2 Å². The number of hydrogen-bond donors (Lipinski definition) is 1. The van der Waals surface area contributed by atoms with Crippen molar-refractivity contribution in [2.24, 2.45) is 0 Å². The lowest BCUT2D eigenvalue weighted by Crippen LogP contribution is -2.21.